The Balaban J connectivity index is 0.000000158. The van der Waals surface area contributed by atoms with Crippen molar-refractivity contribution < 1.29 is 48.8 Å². The van der Waals surface area contributed by atoms with Crippen LogP contribution < -0.4 is 36.1 Å². The van der Waals surface area contributed by atoms with Gasteiger partial charge >= 0.3 is 18.5 Å². The summed E-state index contributed by atoms with van der Waals surface area (Å²) in [6.07, 6.45) is 0.654. The van der Waals surface area contributed by atoms with E-state index in [1.54, 1.807) is 54.4 Å². The van der Waals surface area contributed by atoms with E-state index >= 15 is 0 Å². The number of H-pyrrole nitrogens is 4. The molecule has 0 saturated carbocycles. The van der Waals surface area contributed by atoms with E-state index < -0.39 is 19.2 Å². The van der Waals surface area contributed by atoms with Gasteiger partial charge in [-0.15, -0.1) is 0 Å². The average Bonchev–Trinajstić information content (AvgIpc) is 1.73. The molecule has 2 amide bonds. The molecule has 2 aromatic heterocycles. The second-order valence-electron chi connectivity index (χ2n) is 22.7. The van der Waals surface area contributed by atoms with Gasteiger partial charge in [0.05, 0.1) is 77.7 Å². The number of imidazole rings is 2. The van der Waals surface area contributed by atoms with Crippen LogP contribution in [0.15, 0.2) is 189 Å². The van der Waals surface area contributed by atoms with Gasteiger partial charge in [-0.3, -0.25) is 19.6 Å². The minimum absolute atomic E-state index is 0. The van der Waals surface area contributed by atoms with Gasteiger partial charge < -0.3 is 48.5 Å². The zero-order chi connectivity index (χ0) is 63.6. The number of methoxy groups -OCH3 is 2. The number of fused-ring (bicyclic) bond motifs is 4. The maximum atomic E-state index is 14.3. The molecule has 2 unspecified atom stereocenters. The Morgan fingerprint density at radius 1 is 0.505 bits per heavy atom. The van der Waals surface area contributed by atoms with E-state index in [0.29, 0.717) is 85.3 Å². The summed E-state index contributed by atoms with van der Waals surface area (Å²) in [5.41, 5.74) is 10.1. The van der Waals surface area contributed by atoms with Crippen LogP contribution in [0.1, 0.15) is 66.6 Å². The molecule has 91 heavy (non-hydrogen) atoms. The first-order chi connectivity index (χ1) is 43.1. The third-order valence-electron chi connectivity index (χ3n) is 16.2. The number of aromatic amines is 4. The molecule has 3 aliphatic heterocycles. The van der Waals surface area contributed by atoms with Gasteiger partial charge in [-0.25, -0.2) is 9.59 Å². The topological polar surface area (TPSA) is 200 Å². The molecule has 0 radical (unpaired) electrons. The predicted molar refractivity (Wildman–Crippen MR) is 361 cm³/mol. The van der Waals surface area contributed by atoms with Crippen LogP contribution in [0.5, 0.6) is 11.5 Å². The minimum atomic E-state index is -0.764. The summed E-state index contributed by atoms with van der Waals surface area (Å²) in [5, 5.41) is 2.45. The van der Waals surface area contributed by atoms with Gasteiger partial charge in [0, 0.05) is 70.0 Å². The number of amides is 2. The molecule has 13 rings (SSSR count). The van der Waals surface area contributed by atoms with Crippen LogP contribution in [0.4, 0.5) is 11.4 Å². The van der Waals surface area contributed by atoms with E-state index in [-0.39, 0.29) is 60.0 Å². The van der Waals surface area contributed by atoms with Gasteiger partial charge in [-0.2, -0.15) is 0 Å². The monoisotopic (exact) mass is 1410 g/mol. The minimum Gasteiger partial charge on any atom is -0.497 e. The molecule has 5 heterocycles. The van der Waals surface area contributed by atoms with Crippen molar-refractivity contribution in [1.82, 2.24) is 19.9 Å². The third-order valence-corrected chi connectivity index (χ3v) is 17.7. The third kappa shape index (κ3) is 14.8. The molecular weight excluding hydrogens is 1350 g/mol. The van der Waals surface area contributed by atoms with E-state index in [1.807, 2.05) is 167 Å². The Kier molecular flexibility index (Phi) is 20.4. The first kappa shape index (κ1) is 66.2. The van der Waals surface area contributed by atoms with Gasteiger partial charge in [0.15, 0.2) is 0 Å². The van der Waals surface area contributed by atoms with Crippen molar-refractivity contribution in [3.63, 3.8) is 0 Å². The number of benzene rings is 8. The SMILES string of the molecule is CC1(C)OB(c2ccc3[nH]c(=O)[nH]c3c2)OC1(C)C.COc1ccc(CN2C(=O)C(Cc3ccccc3Cl)N=C(Cl)c3cc(Cl)ccc32)cc1.COc1ccc(CN2C(=O)C(Cc3ccccc3Cl)N=C(c3ccc4[nH]c(=O)[nH]c4c3)c3cc(Cl)ccc32)cc1.[Pd]. The normalized spacial score (nSPS) is 16.5. The molecule has 468 valence electrons. The number of carbonyl (C=O) groups is 2. The summed E-state index contributed by atoms with van der Waals surface area (Å²) < 4.78 is 22.5. The molecule has 23 heteroatoms. The van der Waals surface area contributed by atoms with Gasteiger partial charge in [0.25, 0.3) is 11.8 Å². The van der Waals surface area contributed by atoms with Crippen LogP contribution in [0.3, 0.4) is 0 Å². The van der Waals surface area contributed by atoms with Gasteiger partial charge in [-0.05, 0) is 152 Å². The van der Waals surface area contributed by atoms with Gasteiger partial charge in [0.1, 0.15) is 28.8 Å². The number of halogens is 5. The Bertz CT molecular complexity index is 4520. The van der Waals surface area contributed by atoms with Crippen LogP contribution in [-0.2, 0) is 65.3 Å². The summed E-state index contributed by atoms with van der Waals surface area (Å²) in [4.78, 5) is 75.2. The van der Waals surface area contributed by atoms with E-state index in [2.05, 4.69) is 24.9 Å². The Hall–Kier alpha value is -7.72. The number of aromatic nitrogens is 4. The van der Waals surface area contributed by atoms with E-state index in [0.717, 1.165) is 55.8 Å². The molecule has 8 aromatic carbocycles. The fraction of sp³-hybridized carbons (Fsp3) is 0.206. The largest absolute Gasteiger partial charge is 0.497 e. The van der Waals surface area contributed by atoms with Crippen LogP contribution in [0.25, 0.3) is 22.1 Å². The average molecular weight is 1410 g/mol. The van der Waals surface area contributed by atoms with Crippen molar-refractivity contribution in [3.8, 4) is 11.5 Å². The van der Waals surface area contributed by atoms with Crippen LogP contribution in [0, 0.1) is 0 Å². The number of aliphatic imine (C=N–C) groups is 2. The molecule has 16 nitrogen and oxygen atoms in total. The number of benzodiazepines with no additional fused rings is 2. The van der Waals surface area contributed by atoms with E-state index in [4.69, 9.17) is 81.8 Å². The first-order valence-corrected chi connectivity index (χ1v) is 30.6. The molecule has 3 aliphatic rings. The van der Waals surface area contributed by atoms with Crippen molar-refractivity contribution in [1.29, 1.82) is 0 Å². The number of rotatable bonds is 12. The van der Waals surface area contributed by atoms with Crippen molar-refractivity contribution in [3.05, 3.63) is 250 Å². The molecule has 1 saturated heterocycles. The van der Waals surface area contributed by atoms with Crippen LogP contribution in [-0.4, -0.2) is 87.3 Å². The van der Waals surface area contributed by atoms with Crippen LogP contribution >= 0.6 is 58.0 Å². The predicted octanol–water partition coefficient (Wildman–Crippen LogP) is 13.5. The molecule has 0 spiro atoms. The molecule has 4 N–H and O–H groups in total. The second kappa shape index (κ2) is 28.0. The molecule has 10 aromatic rings. The Morgan fingerprint density at radius 3 is 1.44 bits per heavy atom. The number of nitrogens with zero attached hydrogens (tertiary/aromatic N) is 4. The fourth-order valence-corrected chi connectivity index (χ4v) is 11.8. The number of hydrogen-bond donors (Lipinski definition) is 4. The summed E-state index contributed by atoms with van der Waals surface area (Å²) in [6.45, 7) is 8.75. The maximum absolute atomic E-state index is 14.3. The molecular formula is C68H60BCl5N8O8Pd. The number of carbonyl (C=O) groups excluding carboxylic acids is 2. The summed E-state index contributed by atoms with van der Waals surface area (Å²) >= 11 is 32.1. The quantitative estimate of drug-likeness (QED) is 0.0866. The van der Waals surface area contributed by atoms with E-state index in [9.17, 15) is 19.2 Å². The van der Waals surface area contributed by atoms with Crippen molar-refractivity contribution in [2.75, 3.05) is 24.0 Å². The second-order valence-corrected chi connectivity index (χ2v) is 24.7. The van der Waals surface area contributed by atoms with Gasteiger partial charge in [0.2, 0.25) is 0 Å². The molecule has 2 atom stereocenters. The van der Waals surface area contributed by atoms with Crippen molar-refractivity contribution >= 4 is 127 Å². The summed E-state index contributed by atoms with van der Waals surface area (Å²) in [7, 11) is 2.82. The fourth-order valence-electron chi connectivity index (χ4n) is 10.7. The zero-order valence-corrected chi connectivity index (χ0v) is 55.3. The molecule has 1 fully saturated rings. The number of ether oxygens (including phenoxy) is 2. The zero-order valence-electron chi connectivity index (χ0n) is 50.0. The molecule has 0 bridgehead atoms. The number of anilines is 2. The van der Waals surface area contributed by atoms with Crippen molar-refractivity contribution in [2.45, 2.75) is 76.9 Å². The maximum Gasteiger partial charge on any atom is 0.494 e. The van der Waals surface area contributed by atoms with E-state index in [1.165, 1.54) is 0 Å². The van der Waals surface area contributed by atoms with Crippen molar-refractivity contribution in [2.24, 2.45) is 9.98 Å². The summed E-state index contributed by atoms with van der Waals surface area (Å²) in [6, 6.07) is 50.6. The Labute approximate surface area is 563 Å². The standard InChI is InChI=1S/C31H24Cl2N4O3.C24H19Cl3N2O2.C13H17BN2O3.Pd/c1-40-22-10-6-18(7-11-22)17-37-28-13-9-21(32)16-23(28)29(20-8-12-25-26(15-20)36-31(39)35-25)34-27(30(37)38)14-19-4-2-3-5-24(19)33;1-31-18-9-6-15(7-10-18)14-29-22-11-8-17(25)13-19(22)23(27)28-21(24(29)30)12-16-4-2-3-5-20(16)26;1-12(2)13(3,4)19-14(18-12)8-5-6-9-10(7-8)16-11(17)15-9;/h2-13,15-16,27H,14,17H2,1H3,(H2,35,36,39);2-11,13,21H,12,14H2,1H3;5-7H,1-4H3,(H2,15,16,17);. The number of nitrogens with one attached hydrogen (secondary N) is 4. The van der Waals surface area contributed by atoms with Gasteiger partial charge in [-0.1, -0.05) is 131 Å². The number of hydrogen-bond acceptors (Lipinski definition) is 10. The summed E-state index contributed by atoms with van der Waals surface area (Å²) in [5.74, 6) is 1.17. The molecule has 0 aliphatic carbocycles. The first-order valence-electron chi connectivity index (χ1n) is 28.7. The smallest absolute Gasteiger partial charge is 0.494 e. The van der Waals surface area contributed by atoms with Crippen LogP contribution in [0.2, 0.25) is 20.1 Å². The Morgan fingerprint density at radius 2 is 0.945 bits per heavy atom.